The molecule has 0 radical (unpaired) electrons. The van der Waals surface area contributed by atoms with Gasteiger partial charge in [-0.15, -0.1) is 0 Å². The number of H-pyrrole nitrogens is 1. The van der Waals surface area contributed by atoms with Crippen molar-refractivity contribution >= 4 is 28.9 Å². The Kier molecular flexibility index (Phi) is 5.99. The van der Waals surface area contributed by atoms with Crippen molar-refractivity contribution in [3.63, 3.8) is 0 Å². The first-order chi connectivity index (χ1) is 14.1. The van der Waals surface area contributed by atoms with Crippen LogP contribution in [0.4, 0.5) is 13.2 Å². The second-order valence-corrected chi connectivity index (χ2v) is 6.89. The standard InChI is InChI=1S/C18H12Cl2F3N5O2/c19-10-1-3-11(4-2-10)28-8-12(16(29)26-17(28)30)14(27-24)6-15-13(20)5-9(7-25-15)18(21,22)23/h1-5,7-8H,6,24H2,(H,26,29,30)/b27-14-. The molecular formula is C18H12Cl2F3N5O2. The summed E-state index contributed by atoms with van der Waals surface area (Å²) < 4.78 is 39.5. The van der Waals surface area contributed by atoms with Gasteiger partial charge in [0, 0.05) is 23.8 Å². The number of aromatic amines is 1. The third-order valence-electron chi connectivity index (χ3n) is 4.09. The fourth-order valence-corrected chi connectivity index (χ4v) is 2.95. The summed E-state index contributed by atoms with van der Waals surface area (Å²) in [5.41, 5.74) is -2.19. The predicted octanol–water partition coefficient (Wildman–Crippen LogP) is 3.15. The molecule has 0 saturated heterocycles. The van der Waals surface area contributed by atoms with Crippen molar-refractivity contribution in [2.45, 2.75) is 12.6 Å². The van der Waals surface area contributed by atoms with E-state index < -0.39 is 23.0 Å². The normalized spacial score (nSPS) is 12.2. The number of benzene rings is 1. The zero-order valence-corrected chi connectivity index (χ0v) is 16.4. The van der Waals surface area contributed by atoms with Gasteiger partial charge in [0.2, 0.25) is 0 Å². The van der Waals surface area contributed by atoms with Crippen molar-refractivity contribution in [2.24, 2.45) is 10.9 Å². The van der Waals surface area contributed by atoms with Crippen LogP contribution < -0.4 is 17.1 Å². The molecule has 0 bridgehead atoms. The van der Waals surface area contributed by atoms with Crippen LogP contribution in [0.25, 0.3) is 5.69 Å². The van der Waals surface area contributed by atoms with Gasteiger partial charge in [0.05, 0.1) is 33.2 Å². The molecule has 3 N–H and O–H groups in total. The Morgan fingerprint density at radius 3 is 2.43 bits per heavy atom. The van der Waals surface area contributed by atoms with Crippen molar-refractivity contribution in [3.05, 3.63) is 90.4 Å². The highest BCUT2D eigenvalue weighted by Crippen LogP contribution is 2.31. The molecule has 0 amide bonds. The molecule has 0 aliphatic rings. The molecule has 0 aliphatic carbocycles. The molecular weight excluding hydrogens is 446 g/mol. The number of halogens is 5. The van der Waals surface area contributed by atoms with Gasteiger partial charge in [0.1, 0.15) is 0 Å². The molecule has 0 aliphatic heterocycles. The largest absolute Gasteiger partial charge is 0.417 e. The third kappa shape index (κ3) is 4.55. The zero-order valence-electron chi connectivity index (χ0n) is 14.9. The molecule has 1 aromatic carbocycles. The molecule has 2 aromatic heterocycles. The molecule has 3 rings (SSSR count). The Morgan fingerprint density at radius 1 is 1.20 bits per heavy atom. The Labute approximate surface area is 176 Å². The van der Waals surface area contributed by atoms with Crippen LogP contribution >= 0.6 is 23.2 Å². The quantitative estimate of drug-likeness (QED) is 0.356. The van der Waals surface area contributed by atoms with E-state index in [9.17, 15) is 22.8 Å². The van der Waals surface area contributed by atoms with Crippen LogP contribution in [0.3, 0.4) is 0 Å². The number of nitrogens with zero attached hydrogens (tertiary/aromatic N) is 3. The van der Waals surface area contributed by atoms with Crippen LogP contribution in [0.2, 0.25) is 10.0 Å². The van der Waals surface area contributed by atoms with Crippen LogP contribution in [-0.4, -0.2) is 20.2 Å². The van der Waals surface area contributed by atoms with E-state index >= 15 is 0 Å². The van der Waals surface area contributed by atoms with Crippen molar-refractivity contribution in [1.29, 1.82) is 0 Å². The third-order valence-corrected chi connectivity index (χ3v) is 4.67. The van der Waals surface area contributed by atoms with E-state index in [0.29, 0.717) is 16.9 Å². The summed E-state index contributed by atoms with van der Waals surface area (Å²) in [5, 5.41) is 3.72. The number of aromatic nitrogens is 3. The molecule has 156 valence electrons. The minimum absolute atomic E-state index is 0.0255. The second kappa shape index (κ2) is 8.33. The van der Waals surface area contributed by atoms with E-state index in [1.165, 1.54) is 6.20 Å². The monoisotopic (exact) mass is 457 g/mol. The summed E-state index contributed by atoms with van der Waals surface area (Å²) in [5.74, 6) is 5.40. The van der Waals surface area contributed by atoms with E-state index in [1.807, 2.05) is 0 Å². The molecule has 0 spiro atoms. The van der Waals surface area contributed by atoms with Crippen molar-refractivity contribution in [3.8, 4) is 5.69 Å². The number of rotatable bonds is 4. The number of hydrogen-bond donors (Lipinski definition) is 2. The Morgan fingerprint density at radius 2 is 1.87 bits per heavy atom. The van der Waals surface area contributed by atoms with Gasteiger partial charge in [0.15, 0.2) is 0 Å². The van der Waals surface area contributed by atoms with Crippen LogP contribution in [0.5, 0.6) is 0 Å². The Balaban J connectivity index is 2.02. The average molecular weight is 458 g/mol. The molecule has 7 nitrogen and oxygen atoms in total. The smallest absolute Gasteiger partial charge is 0.323 e. The van der Waals surface area contributed by atoms with E-state index in [1.54, 1.807) is 24.3 Å². The lowest BCUT2D eigenvalue weighted by Crippen LogP contribution is -2.33. The number of hydrogen-bond acceptors (Lipinski definition) is 5. The molecule has 2 heterocycles. The van der Waals surface area contributed by atoms with Crippen LogP contribution in [0, 0.1) is 0 Å². The van der Waals surface area contributed by atoms with E-state index in [4.69, 9.17) is 29.0 Å². The van der Waals surface area contributed by atoms with Gasteiger partial charge >= 0.3 is 11.9 Å². The summed E-state index contributed by atoms with van der Waals surface area (Å²) in [7, 11) is 0. The highest BCUT2D eigenvalue weighted by atomic mass is 35.5. The summed E-state index contributed by atoms with van der Waals surface area (Å²) >= 11 is 11.8. The maximum Gasteiger partial charge on any atom is 0.417 e. The van der Waals surface area contributed by atoms with Crippen LogP contribution in [-0.2, 0) is 12.6 Å². The van der Waals surface area contributed by atoms with Gasteiger partial charge in [-0.3, -0.25) is 19.3 Å². The summed E-state index contributed by atoms with van der Waals surface area (Å²) in [4.78, 5) is 30.4. The van der Waals surface area contributed by atoms with Gasteiger partial charge in [-0.25, -0.2) is 4.79 Å². The molecule has 12 heteroatoms. The molecule has 3 aromatic rings. The van der Waals surface area contributed by atoms with Gasteiger partial charge in [-0.1, -0.05) is 23.2 Å². The minimum Gasteiger partial charge on any atom is -0.323 e. The number of alkyl halides is 3. The highest BCUT2D eigenvalue weighted by Gasteiger charge is 2.31. The van der Waals surface area contributed by atoms with E-state index in [2.05, 4.69) is 15.1 Å². The first-order valence-corrected chi connectivity index (χ1v) is 8.96. The van der Waals surface area contributed by atoms with E-state index in [0.717, 1.165) is 10.6 Å². The van der Waals surface area contributed by atoms with Gasteiger partial charge in [-0.2, -0.15) is 18.3 Å². The van der Waals surface area contributed by atoms with Crippen molar-refractivity contribution in [1.82, 2.24) is 14.5 Å². The Bertz CT molecular complexity index is 1230. The first-order valence-electron chi connectivity index (χ1n) is 8.21. The fourth-order valence-electron chi connectivity index (χ4n) is 2.59. The summed E-state index contributed by atoms with van der Waals surface area (Å²) in [6.45, 7) is 0. The lowest BCUT2D eigenvalue weighted by atomic mass is 10.1. The van der Waals surface area contributed by atoms with Gasteiger partial charge in [0.25, 0.3) is 5.56 Å². The fraction of sp³-hybridized carbons (Fsp3) is 0.111. The molecule has 0 atom stereocenters. The first kappa shape index (κ1) is 21.6. The summed E-state index contributed by atoms with van der Waals surface area (Å²) in [6, 6.07) is 6.94. The van der Waals surface area contributed by atoms with Crippen molar-refractivity contribution < 1.29 is 13.2 Å². The number of pyridine rings is 1. The maximum absolute atomic E-state index is 12.8. The SMILES string of the molecule is N/N=C(/Cc1ncc(C(F)(F)F)cc1Cl)c1cn(-c2ccc(Cl)cc2)c(=O)[nH]c1=O. The minimum atomic E-state index is -4.61. The molecule has 30 heavy (non-hydrogen) atoms. The molecule has 0 saturated carbocycles. The predicted molar refractivity (Wildman–Crippen MR) is 106 cm³/mol. The Hall–Kier alpha value is -3.11. The van der Waals surface area contributed by atoms with Gasteiger partial charge < -0.3 is 5.84 Å². The zero-order chi connectivity index (χ0) is 22.1. The number of nitrogens with one attached hydrogen (secondary N) is 1. The second-order valence-electron chi connectivity index (χ2n) is 6.05. The topological polar surface area (TPSA) is 106 Å². The average Bonchev–Trinajstić information content (AvgIpc) is 2.68. The highest BCUT2D eigenvalue weighted by molar-refractivity contribution is 6.31. The van der Waals surface area contributed by atoms with Crippen LogP contribution in [0.1, 0.15) is 16.8 Å². The maximum atomic E-state index is 12.8. The van der Waals surface area contributed by atoms with Crippen molar-refractivity contribution in [2.75, 3.05) is 0 Å². The molecule has 0 unspecified atom stereocenters. The lowest BCUT2D eigenvalue weighted by molar-refractivity contribution is -0.137. The van der Waals surface area contributed by atoms with E-state index in [-0.39, 0.29) is 28.4 Å². The van der Waals surface area contributed by atoms with Crippen LogP contribution in [0.15, 0.2) is 57.4 Å². The summed E-state index contributed by atoms with van der Waals surface area (Å²) in [6.07, 6.45) is -3.01. The molecule has 0 fully saturated rings. The number of nitrogens with two attached hydrogens (primary N) is 1. The van der Waals surface area contributed by atoms with Gasteiger partial charge in [-0.05, 0) is 30.3 Å². The number of hydrazone groups is 1. The lowest BCUT2D eigenvalue weighted by Gasteiger charge is -2.11.